The number of piperazine rings is 1. The van der Waals surface area contributed by atoms with E-state index in [4.69, 9.17) is 0 Å². The number of benzene rings is 1. The third-order valence-corrected chi connectivity index (χ3v) is 2.84. The molecule has 4 nitrogen and oxygen atoms in total. The number of nitrogens with one attached hydrogen (secondary N) is 1. The van der Waals surface area contributed by atoms with Crippen molar-refractivity contribution in [2.24, 2.45) is 0 Å². The van der Waals surface area contributed by atoms with Crippen LogP contribution in [0.3, 0.4) is 0 Å². The van der Waals surface area contributed by atoms with Crippen LogP contribution in [-0.2, 0) is 9.59 Å². The normalized spacial score (nSPS) is 18.9. The monoisotopic (exact) mass is 242 g/mol. The van der Waals surface area contributed by atoms with Crippen molar-refractivity contribution in [2.45, 2.75) is 13.0 Å². The van der Waals surface area contributed by atoms with E-state index in [1.54, 1.807) is 6.92 Å². The zero-order valence-corrected chi connectivity index (χ0v) is 10.1. The van der Waals surface area contributed by atoms with E-state index < -0.39 is 6.04 Å². The maximum Gasteiger partial charge on any atom is 0.247 e. The van der Waals surface area contributed by atoms with Gasteiger partial charge in [-0.05, 0) is 12.5 Å². The Labute approximate surface area is 106 Å². The Balaban J connectivity index is 2.33. The van der Waals surface area contributed by atoms with Gasteiger partial charge in [-0.3, -0.25) is 9.59 Å². The number of hydrogen-bond acceptors (Lipinski definition) is 2. The molecule has 0 saturated carbocycles. The van der Waals surface area contributed by atoms with Crippen LogP contribution in [0.5, 0.6) is 0 Å². The number of nitrogens with zero attached hydrogens (tertiary/aromatic N) is 1. The molecular formula is C14H14N2O2. The number of rotatable bonds is 2. The highest BCUT2D eigenvalue weighted by Gasteiger charge is 2.34. The zero-order valence-electron chi connectivity index (χ0n) is 10.1. The number of hydrogen-bond donors (Lipinski definition) is 1. The van der Waals surface area contributed by atoms with Gasteiger partial charge in [0, 0.05) is 0 Å². The maximum atomic E-state index is 12.0. The largest absolute Gasteiger partial charge is 0.345 e. The SMILES string of the molecule is CC#CCN1C(=O)CNC(=O)C1c1ccccc1. The van der Waals surface area contributed by atoms with Crippen LogP contribution in [0.1, 0.15) is 18.5 Å². The molecule has 1 heterocycles. The zero-order chi connectivity index (χ0) is 13.0. The van der Waals surface area contributed by atoms with Crippen molar-refractivity contribution < 1.29 is 9.59 Å². The topological polar surface area (TPSA) is 49.4 Å². The fourth-order valence-electron chi connectivity index (χ4n) is 1.96. The maximum absolute atomic E-state index is 12.0. The molecule has 0 aliphatic carbocycles. The predicted molar refractivity (Wildman–Crippen MR) is 67.4 cm³/mol. The summed E-state index contributed by atoms with van der Waals surface area (Å²) in [4.78, 5) is 25.4. The average molecular weight is 242 g/mol. The lowest BCUT2D eigenvalue weighted by Crippen LogP contribution is -2.53. The van der Waals surface area contributed by atoms with Crippen LogP contribution >= 0.6 is 0 Å². The van der Waals surface area contributed by atoms with E-state index in [1.165, 1.54) is 4.90 Å². The molecule has 1 aromatic carbocycles. The third-order valence-electron chi connectivity index (χ3n) is 2.84. The number of carbonyl (C=O) groups is 2. The summed E-state index contributed by atoms with van der Waals surface area (Å²) >= 11 is 0. The molecular weight excluding hydrogens is 228 g/mol. The molecule has 0 spiro atoms. The Morgan fingerprint density at radius 1 is 1.33 bits per heavy atom. The van der Waals surface area contributed by atoms with Gasteiger partial charge < -0.3 is 10.2 Å². The van der Waals surface area contributed by atoms with E-state index in [2.05, 4.69) is 17.2 Å². The minimum atomic E-state index is -0.576. The summed E-state index contributed by atoms with van der Waals surface area (Å²) in [6.07, 6.45) is 0. The van der Waals surface area contributed by atoms with Crippen LogP contribution in [-0.4, -0.2) is 29.8 Å². The first-order chi connectivity index (χ1) is 8.74. The fraction of sp³-hybridized carbons (Fsp3) is 0.286. The van der Waals surface area contributed by atoms with E-state index >= 15 is 0 Å². The van der Waals surface area contributed by atoms with E-state index in [0.29, 0.717) is 0 Å². The fourth-order valence-corrected chi connectivity index (χ4v) is 1.96. The summed E-state index contributed by atoms with van der Waals surface area (Å²) in [6.45, 7) is 2.04. The predicted octanol–water partition coefficient (Wildman–Crippen LogP) is 0.709. The van der Waals surface area contributed by atoms with Gasteiger partial charge in [-0.2, -0.15) is 0 Å². The summed E-state index contributed by atoms with van der Waals surface area (Å²) in [6, 6.07) is 8.69. The van der Waals surface area contributed by atoms with Gasteiger partial charge >= 0.3 is 0 Å². The van der Waals surface area contributed by atoms with Crippen molar-refractivity contribution in [3.05, 3.63) is 35.9 Å². The molecule has 1 N–H and O–H groups in total. The molecule has 1 unspecified atom stereocenters. The Morgan fingerprint density at radius 2 is 2.06 bits per heavy atom. The molecule has 0 aromatic heterocycles. The molecule has 1 fully saturated rings. The molecule has 1 aliphatic heterocycles. The quantitative estimate of drug-likeness (QED) is 0.776. The smallest absolute Gasteiger partial charge is 0.247 e. The molecule has 92 valence electrons. The van der Waals surface area contributed by atoms with E-state index in [0.717, 1.165) is 5.56 Å². The van der Waals surface area contributed by atoms with Crippen LogP contribution in [0.15, 0.2) is 30.3 Å². The number of carbonyl (C=O) groups excluding carboxylic acids is 2. The van der Waals surface area contributed by atoms with Gasteiger partial charge in [-0.1, -0.05) is 36.3 Å². The number of amides is 2. The first kappa shape index (κ1) is 12.2. The van der Waals surface area contributed by atoms with Crippen molar-refractivity contribution in [1.82, 2.24) is 10.2 Å². The molecule has 1 saturated heterocycles. The van der Waals surface area contributed by atoms with E-state index in [9.17, 15) is 9.59 Å². The standard InChI is InChI=1S/C14H14N2O2/c1-2-3-9-16-12(17)10-15-14(18)13(16)11-7-5-4-6-8-11/h4-8,13H,9-10H2,1H3,(H,15,18). The average Bonchev–Trinajstić information content (AvgIpc) is 2.40. The molecule has 2 amide bonds. The first-order valence-corrected chi connectivity index (χ1v) is 5.75. The van der Waals surface area contributed by atoms with Gasteiger partial charge in [0.05, 0.1) is 13.1 Å². The summed E-state index contributed by atoms with van der Waals surface area (Å²) in [7, 11) is 0. The van der Waals surface area contributed by atoms with E-state index in [-0.39, 0.29) is 24.9 Å². The Hall–Kier alpha value is -2.28. The molecule has 1 atom stereocenters. The van der Waals surface area contributed by atoms with Crippen LogP contribution in [0.25, 0.3) is 0 Å². The minimum absolute atomic E-state index is 0.0492. The first-order valence-electron chi connectivity index (χ1n) is 5.75. The summed E-state index contributed by atoms with van der Waals surface area (Å²) in [5, 5.41) is 2.61. The molecule has 2 rings (SSSR count). The van der Waals surface area contributed by atoms with Gasteiger partial charge in [0.15, 0.2) is 0 Å². The highest BCUT2D eigenvalue weighted by Crippen LogP contribution is 2.23. The molecule has 0 bridgehead atoms. The van der Waals surface area contributed by atoms with Crippen molar-refractivity contribution in [3.8, 4) is 11.8 Å². The molecule has 18 heavy (non-hydrogen) atoms. The Bertz CT molecular complexity index is 514. The van der Waals surface area contributed by atoms with Crippen LogP contribution in [0.4, 0.5) is 0 Å². The molecule has 0 radical (unpaired) electrons. The lowest BCUT2D eigenvalue weighted by molar-refractivity contribution is -0.145. The lowest BCUT2D eigenvalue weighted by atomic mass is 10.0. The molecule has 4 heteroatoms. The summed E-state index contributed by atoms with van der Waals surface area (Å²) in [5.74, 6) is 5.33. The summed E-state index contributed by atoms with van der Waals surface area (Å²) < 4.78 is 0. The van der Waals surface area contributed by atoms with Crippen molar-refractivity contribution >= 4 is 11.8 Å². The van der Waals surface area contributed by atoms with Crippen LogP contribution < -0.4 is 5.32 Å². The Kier molecular flexibility index (Phi) is 3.63. The van der Waals surface area contributed by atoms with Gasteiger partial charge in [0.25, 0.3) is 0 Å². The minimum Gasteiger partial charge on any atom is -0.345 e. The second-order valence-electron chi connectivity index (χ2n) is 3.98. The van der Waals surface area contributed by atoms with Crippen LogP contribution in [0.2, 0.25) is 0 Å². The molecule has 1 aliphatic rings. The van der Waals surface area contributed by atoms with Gasteiger partial charge in [0.1, 0.15) is 6.04 Å². The van der Waals surface area contributed by atoms with Gasteiger partial charge in [-0.15, -0.1) is 5.92 Å². The van der Waals surface area contributed by atoms with E-state index in [1.807, 2.05) is 30.3 Å². The van der Waals surface area contributed by atoms with Gasteiger partial charge in [-0.25, -0.2) is 0 Å². The van der Waals surface area contributed by atoms with Crippen molar-refractivity contribution in [3.63, 3.8) is 0 Å². The van der Waals surface area contributed by atoms with Crippen molar-refractivity contribution in [2.75, 3.05) is 13.1 Å². The second-order valence-corrected chi connectivity index (χ2v) is 3.98. The highest BCUT2D eigenvalue weighted by atomic mass is 16.2. The lowest BCUT2D eigenvalue weighted by Gasteiger charge is -2.33. The van der Waals surface area contributed by atoms with Crippen molar-refractivity contribution in [1.29, 1.82) is 0 Å². The highest BCUT2D eigenvalue weighted by molar-refractivity contribution is 5.95. The molecule has 1 aromatic rings. The third kappa shape index (κ3) is 2.35. The summed E-state index contributed by atoms with van der Waals surface area (Å²) in [5.41, 5.74) is 0.806. The van der Waals surface area contributed by atoms with Crippen LogP contribution in [0, 0.1) is 11.8 Å². The second kappa shape index (κ2) is 5.37. The Morgan fingerprint density at radius 3 is 2.72 bits per heavy atom. The van der Waals surface area contributed by atoms with Gasteiger partial charge in [0.2, 0.25) is 11.8 Å².